The molecule has 2 heterocycles. The maximum absolute atomic E-state index is 6.07. The summed E-state index contributed by atoms with van der Waals surface area (Å²) in [5, 5.41) is 6.35. The normalized spacial score (nSPS) is 11.2. The Bertz CT molecular complexity index is 992. The van der Waals surface area contributed by atoms with Gasteiger partial charge in [0.25, 0.3) is 0 Å². The Balaban J connectivity index is 1.81. The van der Waals surface area contributed by atoms with E-state index in [-0.39, 0.29) is 0 Å². The molecular formula is C18H16N4O. The van der Waals surface area contributed by atoms with Crippen LogP contribution >= 0.6 is 0 Å². The topological polar surface area (TPSA) is 66.0 Å². The molecule has 4 rings (SSSR count). The first kappa shape index (κ1) is 13.6. The van der Waals surface area contributed by atoms with Gasteiger partial charge in [-0.25, -0.2) is 4.98 Å². The number of hydrogen-bond donors (Lipinski definition) is 1. The van der Waals surface area contributed by atoms with E-state index in [1.807, 2.05) is 61.8 Å². The van der Waals surface area contributed by atoms with E-state index in [1.165, 1.54) is 0 Å². The Morgan fingerprint density at radius 3 is 2.65 bits per heavy atom. The molecule has 23 heavy (non-hydrogen) atoms. The number of nitrogen functional groups attached to an aromatic ring is 1. The van der Waals surface area contributed by atoms with Gasteiger partial charge < -0.3 is 10.5 Å². The molecule has 0 spiro atoms. The predicted octanol–water partition coefficient (Wildman–Crippen LogP) is 3.28. The monoisotopic (exact) mass is 304 g/mol. The first-order chi connectivity index (χ1) is 11.2. The summed E-state index contributed by atoms with van der Waals surface area (Å²) in [5.41, 5.74) is 8.67. The highest BCUT2D eigenvalue weighted by atomic mass is 16.5. The molecule has 2 N–H and O–H groups in total. The van der Waals surface area contributed by atoms with Gasteiger partial charge in [-0.3, -0.25) is 4.68 Å². The van der Waals surface area contributed by atoms with Crippen molar-refractivity contribution in [2.45, 2.75) is 6.61 Å². The zero-order valence-electron chi connectivity index (χ0n) is 12.7. The molecule has 2 aromatic carbocycles. The minimum absolute atomic E-state index is 0.420. The largest absolute Gasteiger partial charge is 0.487 e. The molecule has 5 heteroatoms. The average Bonchev–Trinajstić information content (AvgIpc) is 2.97. The van der Waals surface area contributed by atoms with Crippen LogP contribution in [0.1, 0.15) is 5.56 Å². The number of benzene rings is 2. The van der Waals surface area contributed by atoms with Crippen molar-refractivity contribution in [3.05, 3.63) is 60.3 Å². The summed E-state index contributed by atoms with van der Waals surface area (Å²) < 4.78 is 7.72. The standard InChI is InChI=1S/C18H16N4O/c1-22-10-14-13-8-5-9-15(16(13)20-18(19)17(14)21-22)23-11-12-6-3-2-4-7-12/h2-10H,11H2,1H3,(H2,19,20). The van der Waals surface area contributed by atoms with E-state index in [2.05, 4.69) is 10.1 Å². The van der Waals surface area contributed by atoms with E-state index in [4.69, 9.17) is 10.5 Å². The number of anilines is 1. The van der Waals surface area contributed by atoms with Crippen molar-refractivity contribution in [3.8, 4) is 5.75 Å². The molecule has 0 radical (unpaired) electrons. The fourth-order valence-electron chi connectivity index (χ4n) is 2.75. The number of fused-ring (bicyclic) bond motifs is 3. The van der Waals surface area contributed by atoms with E-state index in [0.29, 0.717) is 12.4 Å². The Hall–Kier alpha value is -3.08. The molecule has 2 aromatic heterocycles. The van der Waals surface area contributed by atoms with Crippen LogP contribution in [0.3, 0.4) is 0 Å². The van der Waals surface area contributed by atoms with Crippen molar-refractivity contribution in [2.24, 2.45) is 7.05 Å². The molecule has 0 fully saturated rings. The van der Waals surface area contributed by atoms with Gasteiger partial charge in [-0.05, 0) is 11.6 Å². The summed E-state index contributed by atoms with van der Waals surface area (Å²) in [6.07, 6.45) is 1.96. The quantitative estimate of drug-likeness (QED) is 0.631. The van der Waals surface area contributed by atoms with Gasteiger partial charge >= 0.3 is 0 Å². The second-order valence-electron chi connectivity index (χ2n) is 5.49. The van der Waals surface area contributed by atoms with Crippen LogP contribution in [0.15, 0.2) is 54.7 Å². The van der Waals surface area contributed by atoms with Crippen LogP contribution in [0.2, 0.25) is 0 Å². The van der Waals surface area contributed by atoms with Crippen molar-refractivity contribution < 1.29 is 4.74 Å². The highest BCUT2D eigenvalue weighted by Crippen LogP contribution is 2.32. The van der Waals surface area contributed by atoms with E-state index >= 15 is 0 Å². The fraction of sp³-hybridized carbons (Fsp3) is 0.111. The minimum Gasteiger partial charge on any atom is -0.487 e. The Kier molecular flexibility index (Phi) is 3.12. The van der Waals surface area contributed by atoms with Crippen molar-refractivity contribution in [1.82, 2.24) is 14.8 Å². The number of aromatic nitrogens is 3. The van der Waals surface area contributed by atoms with Gasteiger partial charge in [-0.15, -0.1) is 0 Å². The van der Waals surface area contributed by atoms with Crippen LogP contribution in [0.5, 0.6) is 5.75 Å². The maximum atomic E-state index is 6.07. The summed E-state index contributed by atoms with van der Waals surface area (Å²) in [4.78, 5) is 4.51. The van der Waals surface area contributed by atoms with Crippen LogP contribution in [-0.4, -0.2) is 14.8 Å². The van der Waals surface area contributed by atoms with Gasteiger partial charge in [-0.2, -0.15) is 5.10 Å². The first-order valence-electron chi connectivity index (χ1n) is 7.40. The predicted molar refractivity (Wildman–Crippen MR) is 91.2 cm³/mol. The Morgan fingerprint density at radius 2 is 1.83 bits per heavy atom. The lowest BCUT2D eigenvalue weighted by molar-refractivity contribution is 0.309. The van der Waals surface area contributed by atoms with Gasteiger partial charge in [0.1, 0.15) is 23.4 Å². The average molecular weight is 304 g/mol. The molecule has 4 aromatic rings. The second kappa shape index (κ2) is 5.28. The van der Waals surface area contributed by atoms with Crippen molar-refractivity contribution in [2.75, 3.05) is 5.73 Å². The molecule has 0 bridgehead atoms. The van der Waals surface area contributed by atoms with E-state index < -0.39 is 0 Å². The molecule has 5 nitrogen and oxygen atoms in total. The van der Waals surface area contributed by atoms with Gasteiger partial charge in [0.05, 0.1) is 0 Å². The summed E-state index contributed by atoms with van der Waals surface area (Å²) in [7, 11) is 1.88. The summed E-state index contributed by atoms with van der Waals surface area (Å²) >= 11 is 0. The minimum atomic E-state index is 0.420. The summed E-state index contributed by atoms with van der Waals surface area (Å²) in [6, 6.07) is 15.9. The van der Waals surface area contributed by atoms with Crippen molar-refractivity contribution in [1.29, 1.82) is 0 Å². The molecule has 0 saturated carbocycles. The van der Waals surface area contributed by atoms with Crippen LogP contribution < -0.4 is 10.5 Å². The third kappa shape index (κ3) is 2.36. The summed E-state index contributed by atoms with van der Waals surface area (Å²) in [6.45, 7) is 0.493. The van der Waals surface area contributed by atoms with E-state index in [9.17, 15) is 0 Å². The Labute approximate surface area is 133 Å². The number of nitrogens with zero attached hydrogens (tertiary/aromatic N) is 3. The fourth-order valence-corrected chi connectivity index (χ4v) is 2.75. The first-order valence-corrected chi connectivity index (χ1v) is 7.40. The van der Waals surface area contributed by atoms with Crippen LogP contribution in [0, 0.1) is 0 Å². The summed E-state index contributed by atoms with van der Waals surface area (Å²) in [5.74, 6) is 1.15. The molecular weight excluding hydrogens is 288 g/mol. The van der Waals surface area contributed by atoms with Gasteiger partial charge in [0.15, 0.2) is 5.82 Å². The van der Waals surface area contributed by atoms with Crippen LogP contribution in [0.25, 0.3) is 21.8 Å². The number of ether oxygens (including phenoxy) is 1. The number of para-hydroxylation sites is 1. The third-order valence-electron chi connectivity index (χ3n) is 3.83. The molecule has 0 saturated heterocycles. The molecule has 0 aliphatic carbocycles. The van der Waals surface area contributed by atoms with Crippen LogP contribution in [-0.2, 0) is 13.7 Å². The molecule has 0 amide bonds. The Morgan fingerprint density at radius 1 is 1.00 bits per heavy atom. The smallest absolute Gasteiger partial charge is 0.152 e. The molecule has 0 unspecified atom stereocenters. The second-order valence-corrected chi connectivity index (χ2v) is 5.49. The van der Waals surface area contributed by atoms with E-state index in [1.54, 1.807) is 4.68 Å². The van der Waals surface area contributed by atoms with E-state index in [0.717, 1.165) is 33.1 Å². The molecule has 114 valence electrons. The molecule has 0 aliphatic heterocycles. The van der Waals surface area contributed by atoms with Crippen molar-refractivity contribution >= 4 is 27.6 Å². The van der Waals surface area contributed by atoms with Crippen LogP contribution in [0.4, 0.5) is 5.82 Å². The lowest BCUT2D eigenvalue weighted by atomic mass is 10.1. The maximum Gasteiger partial charge on any atom is 0.152 e. The van der Waals surface area contributed by atoms with Gasteiger partial charge in [0.2, 0.25) is 0 Å². The zero-order chi connectivity index (χ0) is 15.8. The van der Waals surface area contributed by atoms with Gasteiger partial charge in [-0.1, -0.05) is 42.5 Å². The zero-order valence-corrected chi connectivity index (χ0v) is 12.7. The third-order valence-corrected chi connectivity index (χ3v) is 3.83. The van der Waals surface area contributed by atoms with Crippen molar-refractivity contribution in [3.63, 3.8) is 0 Å². The highest BCUT2D eigenvalue weighted by Gasteiger charge is 2.13. The molecule has 0 atom stereocenters. The number of nitrogens with two attached hydrogens (primary N) is 1. The number of pyridine rings is 1. The SMILES string of the molecule is Cn1cc2c(n1)c(N)nc1c(OCc3ccccc3)cccc12. The highest BCUT2D eigenvalue weighted by molar-refractivity contribution is 6.09. The lowest BCUT2D eigenvalue weighted by Gasteiger charge is -2.10. The number of aryl methyl sites for hydroxylation is 1. The molecule has 0 aliphatic rings. The number of rotatable bonds is 3. The van der Waals surface area contributed by atoms with Gasteiger partial charge in [0, 0.05) is 24.0 Å². The number of hydrogen-bond acceptors (Lipinski definition) is 4. The lowest BCUT2D eigenvalue weighted by Crippen LogP contribution is -1.98.